The van der Waals surface area contributed by atoms with Crippen LogP contribution in [0.1, 0.15) is 43.4 Å². The molecule has 4 aromatic rings. The molecule has 3 N–H and O–H groups in total. The first kappa shape index (κ1) is 29.7. The number of carbonyl (C=O) groups is 3. The highest BCUT2D eigenvalue weighted by molar-refractivity contribution is 5.94. The fourth-order valence-corrected chi connectivity index (χ4v) is 4.85. The highest BCUT2D eigenvalue weighted by atomic mass is 16.5. The lowest BCUT2D eigenvalue weighted by Gasteiger charge is -2.26. The van der Waals surface area contributed by atoms with Gasteiger partial charge in [-0.15, -0.1) is 0 Å². The Labute approximate surface area is 241 Å². The van der Waals surface area contributed by atoms with Gasteiger partial charge in [0.25, 0.3) is 0 Å². The van der Waals surface area contributed by atoms with Crippen LogP contribution in [0, 0.1) is 5.92 Å². The number of ether oxygens (including phenoxy) is 1. The van der Waals surface area contributed by atoms with Crippen LogP contribution in [0.3, 0.4) is 0 Å². The summed E-state index contributed by atoms with van der Waals surface area (Å²) in [5.74, 6) is -0.922. The summed E-state index contributed by atoms with van der Waals surface area (Å²) in [6.07, 6.45) is 3.72. The highest BCUT2D eigenvalue weighted by Gasteiger charge is 2.30. The van der Waals surface area contributed by atoms with E-state index in [0.29, 0.717) is 25.9 Å². The van der Waals surface area contributed by atoms with E-state index in [1.54, 1.807) is 0 Å². The monoisotopic (exact) mass is 553 g/mol. The van der Waals surface area contributed by atoms with Gasteiger partial charge in [-0.3, -0.25) is 14.4 Å². The second-order valence-electron chi connectivity index (χ2n) is 10.5. The van der Waals surface area contributed by atoms with Crippen molar-refractivity contribution in [1.29, 1.82) is 0 Å². The molecule has 7 nitrogen and oxygen atoms in total. The lowest BCUT2D eigenvalue weighted by atomic mass is 9.96. The number of Topliss-reactive ketones (excluding diaryl/α,β-unsaturated/α-hetero) is 1. The Bertz CT molecular complexity index is 1420. The minimum atomic E-state index is -0.769. The van der Waals surface area contributed by atoms with E-state index in [0.717, 1.165) is 27.6 Å². The molecule has 4 rings (SSSR count). The molecule has 0 saturated carbocycles. The molecular weight excluding hydrogens is 514 g/mol. The number of aromatic nitrogens is 1. The van der Waals surface area contributed by atoms with Gasteiger partial charge in [-0.25, -0.2) is 0 Å². The number of fused-ring (bicyclic) bond motifs is 1. The Hall–Kier alpha value is -4.23. The van der Waals surface area contributed by atoms with Crippen LogP contribution in [0.5, 0.6) is 0 Å². The number of hydrogen-bond donors (Lipinski definition) is 3. The zero-order valence-electron chi connectivity index (χ0n) is 23.8. The lowest BCUT2D eigenvalue weighted by Crippen LogP contribution is -2.54. The zero-order chi connectivity index (χ0) is 29.0. The molecule has 0 aliphatic carbocycles. The maximum Gasteiger partial charge on any atom is 0.243 e. The fourth-order valence-electron chi connectivity index (χ4n) is 4.85. The quantitative estimate of drug-likeness (QED) is 0.190. The molecule has 0 aliphatic rings. The van der Waals surface area contributed by atoms with E-state index in [-0.39, 0.29) is 36.5 Å². The summed E-state index contributed by atoms with van der Waals surface area (Å²) >= 11 is 0. The van der Waals surface area contributed by atoms with Gasteiger partial charge in [-0.1, -0.05) is 99.1 Å². The van der Waals surface area contributed by atoms with Crippen LogP contribution in [0.15, 0.2) is 91.1 Å². The molecule has 3 atom stereocenters. The molecule has 0 spiro atoms. The minimum Gasteiger partial charge on any atom is -0.369 e. The van der Waals surface area contributed by atoms with Gasteiger partial charge in [-0.2, -0.15) is 0 Å². The van der Waals surface area contributed by atoms with Crippen molar-refractivity contribution >= 4 is 28.5 Å². The minimum absolute atomic E-state index is 0.116. The largest absolute Gasteiger partial charge is 0.369 e. The summed E-state index contributed by atoms with van der Waals surface area (Å²) in [5, 5.41) is 6.88. The Morgan fingerprint density at radius 2 is 1.51 bits per heavy atom. The van der Waals surface area contributed by atoms with E-state index in [9.17, 15) is 14.4 Å². The first-order valence-electron chi connectivity index (χ1n) is 14.3. The van der Waals surface area contributed by atoms with Gasteiger partial charge >= 0.3 is 0 Å². The molecular formula is C34H39N3O4. The van der Waals surface area contributed by atoms with Crippen LogP contribution in [0.25, 0.3) is 10.9 Å². The van der Waals surface area contributed by atoms with Crippen molar-refractivity contribution in [2.45, 2.75) is 58.2 Å². The summed E-state index contributed by atoms with van der Waals surface area (Å²) in [6.45, 7) is 4.10. The number of amides is 2. The van der Waals surface area contributed by atoms with Crippen LogP contribution < -0.4 is 10.6 Å². The summed E-state index contributed by atoms with van der Waals surface area (Å²) in [4.78, 5) is 43.2. The van der Waals surface area contributed by atoms with Crippen molar-refractivity contribution in [1.82, 2.24) is 15.6 Å². The lowest BCUT2D eigenvalue weighted by molar-refractivity contribution is -0.134. The van der Waals surface area contributed by atoms with Crippen LogP contribution >= 0.6 is 0 Å². The van der Waals surface area contributed by atoms with Crippen molar-refractivity contribution in [3.63, 3.8) is 0 Å². The summed E-state index contributed by atoms with van der Waals surface area (Å²) in [5.41, 5.74) is 3.88. The second kappa shape index (κ2) is 15.0. The predicted octanol–water partition coefficient (Wildman–Crippen LogP) is 5.14. The number of aromatic amines is 1. The Morgan fingerprint density at radius 3 is 2.22 bits per heavy atom. The van der Waals surface area contributed by atoms with E-state index in [1.807, 2.05) is 105 Å². The second-order valence-corrected chi connectivity index (χ2v) is 10.5. The van der Waals surface area contributed by atoms with Gasteiger partial charge in [0.2, 0.25) is 11.8 Å². The SMILES string of the molecule is CCC(C)[C@H](NC(=O)Cc1c[nH]c2ccccc12)C(=O)N[C@@H](CCc1ccccc1)C(=O)COCc1ccccc1. The van der Waals surface area contributed by atoms with Gasteiger partial charge in [0.15, 0.2) is 5.78 Å². The van der Waals surface area contributed by atoms with Crippen molar-refractivity contribution < 1.29 is 19.1 Å². The van der Waals surface area contributed by atoms with Crippen LogP contribution in [0.2, 0.25) is 0 Å². The first-order valence-corrected chi connectivity index (χ1v) is 14.3. The molecule has 0 bridgehead atoms. The zero-order valence-corrected chi connectivity index (χ0v) is 23.8. The van der Waals surface area contributed by atoms with Gasteiger partial charge < -0.3 is 20.4 Å². The average Bonchev–Trinajstić information content (AvgIpc) is 3.41. The fraction of sp³-hybridized carbons (Fsp3) is 0.324. The Balaban J connectivity index is 1.42. The number of H-pyrrole nitrogens is 1. The summed E-state index contributed by atoms with van der Waals surface area (Å²) < 4.78 is 5.71. The van der Waals surface area contributed by atoms with E-state index >= 15 is 0 Å². The Morgan fingerprint density at radius 1 is 0.854 bits per heavy atom. The van der Waals surface area contributed by atoms with Crippen LogP contribution in [-0.4, -0.2) is 41.3 Å². The van der Waals surface area contributed by atoms with Crippen molar-refractivity contribution in [2.75, 3.05) is 6.61 Å². The summed E-state index contributed by atoms with van der Waals surface area (Å²) in [7, 11) is 0. The number of rotatable bonds is 15. The number of hydrogen-bond acceptors (Lipinski definition) is 4. The molecule has 0 saturated heterocycles. The van der Waals surface area contributed by atoms with E-state index in [2.05, 4.69) is 15.6 Å². The Kier molecular flexibility index (Phi) is 10.9. The number of aryl methyl sites for hydroxylation is 1. The number of benzene rings is 3. The highest BCUT2D eigenvalue weighted by Crippen LogP contribution is 2.18. The van der Waals surface area contributed by atoms with Crippen molar-refractivity contribution in [3.05, 3.63) is 108 Å². The molecule has 2 amide bonds. The van der Waals surface area contributed by atoms with Gasteiger partial charge in [0, 0.05) is 17.1 Å². The first-order chi connectivity index (χ1) is 19.9. The molecule has 0 aliphatic heterocycles. The molecule has 1 aromatic heterocycles. The maximum atomic E-state index is 13.6. The number of carbonyl (C=O) groups excluding carboxylic acids is 3. The maximum absolute atomic E-state index is 13.6. The van der Waals surface area contributed by atoms with Crippen LogP contribution in [0.4, 0.5) is 0 Å². The molecule has 214 valence electrons. The van der Waals surface area contributed by atoms with Crippen LogP contribution in [-0.2, 0) is 38.6 Å². The standard InChI is InChI=1S/C34H39N3O4/c1-3-24(2)33(37-32(39)20-27-21-35-29-17-11-10-16-28(27)29)34(40)36-30(19-18-25-12-6-4-7-13-25)31(38)23-41-22-26-14-8-5-9-15-26/h4-17,21,24,30,33,35H,3,18-20,22-23H2,1-2H3,(H,36,40)(H,37,39)/t24?,30-,33-/m0/s1. The molecule has 0 radical (unpaired) electrons. The third kappa shape index (κ3) is 8.63. The molecule has 0 fully saturated rings. The molecule has 1 unspecified atom stereocenters. The van der Waals surface area contributed by atoms with Gasteiger partial charge in [0.1, 0.15) is 12.6 Å². The average molecular weight is 554 g/mol. The number of para-hydroxylation sites is 1. The third-order valence-corrected chi connectivity index (χ3v) is 7.46. The van der Waals surface area contributed by atoms with Gasteiger partial charge in [0.05, 0.1) is 19.1 Å². The number of nitrogens with one attached hydrogen (secondary N) is 3. The summed E-state index contributed by atoms with van der Waals surface area (Å²) in [6, 6.07) is 25.8. The van der Waals surface area contributed by atoms with Crippen molar-refractivity contribution in [3.8, 4) is 0 Å². The van der Waals surface area contributed by atoms with E-state index < -0.39 is 12.1 Å². The predicted molar refractivity (Wildman–Crippen MR) is 161 cm³/mol. The van der Waals surface area contributed by atoms with Crippen molar-refractivity contribution in [2.24, 2.45) is 5.92 Å². The molecule has 3 aromatic carbocycles. The molecule has 1 heterocycles. The topological polar surface area (TPSA) is 100 Å². The van der Waals surface area contributed by atoms with E-state index in [4.69, 9.17) is 4.74 Å². The number of ketones is 1. The normalized spacial score (nSPS) is 13.3. The van der Waals surface area contributed by atoms with Gasteiger partial charge in [-0.05, 0) is 41.5 Å². The third-order valence-electron chi connectivity index (χ3n) is 7.46. The smallest absolute Gasteiger partial charge is 0.243 e. The molecule has 41 heavy (non-hydrogen) atoms. The van der Waals surface area contributed by atoms with E-state index in [1.165, 1.54) is 0 Å². The molecule has 7 heteroatoms.